The fourth-order valence-electron chi connectivity index (χ4n) is 0.786. The molecule has 0 aliphatic rings. The maximum Gasteiger partial charge on any atom is 0.419 e. The van der Waals surface area contributed by atoms with Crippen molar-refractivity contribution in [3.05, 3.63) is 23.7 Å². The van der Waals surface area contributed by atoms with Gasteiger partial charge in [0, 0.05) is 0 Å². The van der Waals surface area contributed by atoms with Crippen molar-refractivity contribution >= 4 is 0 Å². The maximum absolute atomic E-state index is 12.0. The van der Waals surface area contributed by atoms with Crippen molar-refractivity contribution in [3.63, 3.8) is 0 Å². The fourth-order valence-corrected chi connectivity index (χ4v) is 0.786. The Morgan fingerprint density at radius 1 is 1.54 bits per heavy atom. The first kappa shape index (κ1) is 10.1. The third kappa shape index (κ3) is 2.22. The fraction of sp³-hybridized carbons (Fsp3) is 0.429. The molecule has 1 heterocycles. The number of hydrogen-bond acceptors (Lipinski definition) is 3. The summed E-state index contributed by atoms with van der Waals surface area (Å²) in [7, 11) is 0. The number of furan rings is 1. The predicted octanol–water partition coefficient (Wildman–Crippen LogP) is 1.29. The van der Waals surface area contributed by atoms with Crippen LogP contribution in [0.5, 0.6) is 0 Å². The first-order valence-electron chi connectivity index (χ1n) is 3.47. The van der Waals surface area contributed by atoms with Crippen LogP contribution >= 0.6 is 0 Å². The molecule has 0 aliphatic carbocycles. The van der Waals surface area contributed by atoms with Gasteiger partial charge in [-0.25, -0.2) is 0 Å². The van der Waals surface area contributed by atoms with Gasteiger partial charge in [-0.1, -0.05) is 0 Å². The highest BCUT2D eigenvalue weighted by atomic mass is 19.4. The lowest BCUT2D eigenvalue weighted by Gasteiger charge is -2.02. The van der Waals surface area contributed by atoms with E-state index in [1.54, 1.807) is 0 Å². The third-order valence-corrected chi connectivity index (χ3v) is 1.51. The molecule has 0 bridgehead atoms. The Labute approximate surface area is 72.0 Å². The standard InChI is InChI=1S/C7H8F3NO2/c8-7(9,10)4-1-6(13-3-4)5(11)2-12/h1,3,5,12H,2,11H2/t5-/m1/s1. The molecule has 1 aromatic heterocycles. The van der Waals surface area contributed by atoms with Crippen LogP contribution in [0.1, 0.15) is 17.4 Å². The van der Waals surface area contributed by atoms with E-state index in [2.05, 4.69) is 4.42 Å². The van der Waals surface area contributed by atoms with E-state index < -0.39 is 24.4 Å². The number of aliphatic hydroxyl groups excluding tert-OH is 1. The third-order valence-electron chi connectivity index (χ3n) is 1.51. The Balaban J connectivity index is 2.87. The minimum Gasteiger partial charge on any atom is -0.467 e. The topological polar surface area (TPSA) is 59.4 Å². The van der Waals surface area contributed by atoms with Crippen LogP contribution in [0.25, 0.3) is 0 Å². The van der Waals surface area contributed by atoms with Crippen LogP contribution in [-0.4, -0.2) is 11.7 Å². The normalized spacial score (nSPS) is 14.5. The van der Waals surface area contributed by atoms with Crippen LogP contribution in [-0.2, 0) is 6.18 Å². The zero-order chi connectivity index (χ0) is 10.1. The lowest BCUT2D eigenvalue weighted by Crippen LogP contribution is -2.13. The van der Waals surface area contributed by atoms with Crippen LogP contribution in [0.2, 0.25) is 0 Å². The highest BCUT2D eigenvalue weighted by Gasteiger charge is 2.33. The van der Waals surface area contributed by atoms with Gasteiger partial charge in [-0.05, 0) is 6.07 Å². The van der Waals surface area contributed by atoms with Gasteiger partial charge < -0.3 is 15.3 Å². The number of aliphatic hydroxyl groups is 1. The molecule has 3 N–H and O–H groups in total. The molecule has 0 aromatic carbocycles. The van der Waals surface area contributed by atoms with Gasteiger partial charge in [0.2, 0.25) is 0 Å². The van der Waals surface area contributed by atoms with Gasteiger partial charge in [-0.3, -0.25) is 0 Å². The van der Waals surface area contributed by atoms with Gasteiger partial charge in [0.15, 0.2) is 0 Å². The van der Waals surface area contributed by atoms with Crippen molar-refractivity contribution in [3.8, 4) is 0 Å². The van der Waals surface area contributed by atoms with Gasteiger partial charge in [0.25, 0.3) is 0 Å². The summed E-state index contributed by atoms with van der Waals surface area (Å²) in [5, 5.41) is 8.53. The Morgan fingerprint density at radius 2 is 2.15 bits per heavy atom. The van der Waals surface area contributed by atoms with E-state index in [-0.39, 0.29) is 5.76 Å². The molecule has 13 heavy (non-hydrogen) atoms. The summed E-state index contributed by atoms with van der Waals surface area (Å²) in [6.45, 7) is -0.454. The summed E-state index contributed by atoms with van der Waals surface area (Å²) in [6.07, 6.45) is -3.86. The molecule has 0 amide bonds. The van der Waals surface area contributed by atoms with Crippen LogP contribution in [0.4, 0.5) is 13.2 Å². The monoisotopic (exact) mass is 195 g/mol. The predicted molar refractivity (Wildman–Crippen MR) is 37.7 cm³/mol. The number of rotatable bonds is 2. The molecular formula is C7H8F3NO2. The van der Waals surface area contributed by atoms with Crippen molar-refractivity contribution in [1.29, 1.82) is 0 Å². The molecule has 0 fully saturated rings. The summed E-state index contributed by atoms with van der Waals surface area (Å²) in [5.74, 6) is -0.0742. The molecule has 0 saturated heterocycles. The zero-order valence-corrected chi connectivity index (χ0v) is 6.51. The molecule has 0 saturated carbocycles. The van der Waals surface area contributed by atoms with Crippen molar-refractivity contribution in [1.82, 2.24) is 0 Å². The average Bonchev–Trinajstić information content (AvgIpc) is 2.50. The summed E-state index contributed by atoms with van der Waals surface area (Å²) in [6, 6.07) is -0.128. The molecule has 1 atom stereocenters. The van der Waals surface area contributed by atoms with Crippen molar-refractivity contribution in [2.24, 2.45) is 5.73 Å². The van der Waals surface area contributed by atoms with Crippen LogP contribution in [0.15, 0.2) is 16.7 Å². The zero-order valence-electron chi connectivity index (χ0n) is 6.51. The van der Waals surface area contributed by atoms with E-state index in [9.17, 15) is 13.2 Å². The molecule has 6 heteroatoms. The lowest BCUT2D eigenvalue weighted by molar-refractivity contribution is -0.137. The second kappa shape index (κ2) is 3.39. The van der Waals surface area contributed by atoms with E-state index in [0.29, 0.717) is 6.26 Å². The first-order chi connectivity index (χ1) is 5.95. The quantitative estimate of drug-likeness (QED) is 0.747. The van der Waals surface area contributed by atoms with Crippen LogP contribution in [0, 0.1) is 0 Å². The summed E-state index contributed by atoms with van der Waals surface area (Å²) in [5.41, 5.74) is 4.34. The molecule has 0 unspecified atom stereocenters. The average molecular weight is 195 g/mol. The van der Waals surface area contributed by atoms with Crippen molar-refractivity contribution < 1.29 is 22.7 Å². The minimum atomic E-state index is -4.43. The highest BCUT2D eigenvalue weighted by molar-refractivity contribution is 5.18. The molecule has 3 nitrogen and oxygen atoms in total. The second-order valence-electron chi connectivity index (χ2n) is 2.52. The van der Waals surface area contributed by atoms with E-state index in [0.717, 1.165) is 6.07 Å². The Morgan fingerprint density at radius 3 is 2.54 bits per heavy atom. The largest absolute Gasteiger partial charge is 0.467 e. The van der Waals surface area contributed by atoms with Gasteiger partial charge in [-0.2, -0.15) is 13.2 Å². The Hall–Kier alpha value is -1.01. The highest BCUT2D eigenvalue weighted by Crippen LogP contribution is 2.31. The second-order valence-corrected chi connectivity index (χ2v) is 2.52. The minimum absolute atomic E-state index is 0.0742. The lowest BCUT2D eigenvalue weighted by atomic mass is 10.2. The van der Waals surface area contributed by atoms with E-state index >= 15 is 0 Å². The van der Waals surface area contributed by atoms with Gasteiger partial charge in [0.05, 0.1) is 18.2 Å². The molecule has 1 aromatic rings. The van der Waals surface area contributed by atoms with Crippen molar-refractivity contribution in [2.45, 2.75) is 12.2 Å². The summed E-state index contributed by atoms with van der Waals surface area (Å²) in [4.78, 5) is 0. The van der Waals surface area contributed by atoms with Crippen LogP contribution < -0.4 is 5.73 Å². The summed E-state index contributed by atoms with van der Waals surface area (Å²) < 4.78 is 40.6. The molecule has 0 aliphatic heterocycles. The van der Waals surface area contributed by atoms with Gasteiger partial charge in [-0.15, -0.1) is 0 Å². The maximum atomic E-state index is 12.0. The molecule has 1 rings (SSSR count). The van der Waals surface area contributed by atoms with Crippen molar-refractivity contribution in [2.75, 3.05) is 6.61 Å². The van der Waals surface area contributed by atoms with E-state index in [4.69, 9.17) is 10.8 Å². The SMILES string of the molecule is N[C@H](CO)c1cc(C(F)(F)F)co1. The smallest absolute Gasteiger partial charge is 0.419 e. The van der Waals surface area contributed by atoms with E-state index in [1.165, 1.54) is 0 Å². The van der Waals surface area contributed by atoms with Crippen LogP contribution in [0.3, 0.4) is 0 Å². The first-order valence-corrected chi connectivity index (χ1v) is 3.47. The van der Waals surface area contributed by atoms with Gasteiger partial charge in [0.1, 0.15) is 12.0 Å². The number of alkyl halides is 3. The molecule has 0 radical (unpaired) electrons. The van der Waals surface area contributed by atoms with Gasteiger partial charge >= 0.3 is 6.18 Å². The molecular weight excluding hydrogens is 187 g/mol. The van der Waals surface area contributed by atoms with E-state index in [1.807, 2.05) is 0 Å². The number of nitrogens with two attached hydrogens (primary N) is 1. The summed E-state index contributed by atoms with van der Waals surface area (Å²) >= 11 is 0. The Kier molecular flexibility index (Phi) is 2.63. The Bertz CT molecular complexity index is 282. The number of hydrogen-bond donors (Lipinski definition) is 2. The molecule has 0 spiro atoms. The number of halogens is 3. The molecule has 74 valence electrons.